The molecule has 2 aromatic rings. The normalized spacial score (nSPS) is 12.6. The lowest BCUT2D eigenvalue weighted by Crippen LogP contribution is -2.12. The molecule has 102 valence electrons. The zero-order valence-electron chi connectivity index (χ0n) is 10.4. The zero-order chi connectivity index (χ0) is 13.7. The van der Waals surface area contributed by atoms with Crippen LogP contribution in [0.4, 0.5) is 0 Å². The van der Waals surface area contributed by atoms with Gasteiger partial charge in [-0.1, -0.05) is 29.3 Å². The highest BCUT2D eigenvalue weighted by molar-refractivity contribution is 7.98. The predicted octanol–water partition coefficient (Wildman–Crippen LogP) is 4.27. The van der Waals surface area contributed by atoms with Crippen LogP contribution in [-0.4, -0.2) is 21.7 Å². The van der Waals surface area contributed by atoms with Crippen LogP contribution < -0.4 is 0 Å². The maximum atomic E-state index is 6.25. The molecule has 0 radical (unpaired) electrons. The fraction of sp³-hybridized carbons (Fsp3) is 0.308. The summed E-state index contributed by atoms with van der Waals surface area (Å²) in [5, 5.41) is 1.25. The van der Waals surface area contributed by atoms with Crippen LogP contribution in [0.15, 0.2) is 36.9 Å². The van der Waals surface area contributed by atoms with Gasteiger partial charge in [0.25, 0.3) is 0 Å². The van der Waals surface area contributed by atoms with Crippen LogP contribution in [0.1, 0.15) is 11.7 Å². The molecule has 1 atom stereocenters. The number of ether oxygens (including phenoxy) is 1. The average Bonchev–Trinajstić information content (AvgIpc) is 2.88. The van der Waals surface area contributed by atoms with Gasteiger partial charge in [0.15, 0.2) is 0 Å². The Balaban J connectivity index is 2.20. The quantitative estimate of drug-likeness (QED) is 0.745. The molecule has 0 aliphatic heterocycles. The van der Waals surface area contributed by atoms with Crippen molar-refractivity contribution in [2.75, 3.05) is 12.2 Å². The van der Waals surface area contributed by atoms with Crippen LogP contribution >= 0.6 is 35.0 Å². The fourth-order valence-electron chi connectivity index (χ4n) is 1.74. The largest absolute Gasteiger partial charge is 0.361 e. The van der Waals surface area contributed by atoms with E-state index in [1.807, 2.05) is 29.2 Å². The number of benzene rings is 1. The van der Waals surface area contributed by atoms with Crippen molar-refractivity contribution in [3.05, 3.63) is 52.5 Å². The molecule has 0 aliphatic rings. The zero-order valence-corrected chi connectivity index (χ0v) is 12.8. The summed E-state index contributed by atoms with van der Waals surface area (Å²) in [5.74, 6) is 0.609. The minimum atomic E-state index is -0.119. The summed E-state index contributed by atoms with van der Waals surface area (Å²) >= 11 is 13.8. The van der Waals surface area contributed by atoms with Gasteiger partial charge in [-0.3, -0.25) is 0 Å². The molecule has 19 heavy (non-hydrogen) atoms. The molecule has 0 bridgehead atoms. The minimum absolute atomic E-state index is 0.119. The third kappa shape index (κ3) is 4.14. The number of nitrogens with zero attached hydrogens (tertiary/aromatic N) is 2. The molecule has 2 rings (SSSR count). The van der Waals surface area contributed by atoms with Crippen molar-refractivity contribution in [2.24, 2.45) is 0 Å². The number of hydrogen-bond acceptors (Lipinski definition) is 3. The van der Waals surface area contributed by atoms with Crippen LogP contribution in [0.2, 0.25) is 10.0 Å². The van der Waals surface area contributed by atoms with Crippen molar-refractivity contribution in [3.63, 3.8) is 0 Å². The number of aromatic nitrogens is 2. The number of hydrogen-bond donors (Lipinski definition) is 0. The maximum Gasteiger partial charge on any atom is 0.103 e. The summed E-state index contributed by atoms with van der Waals surface area (Å²) in [6.07, 6.45) is 7.29. The van der Waals surface area contributed by atoms with Crippen LogP contribution in [0.5, 0.6) is 0 Å². The number of rotatable bonds is 6. The molecule has 0 saturated carbocycles. The van der Waals surface area contributed by atoms with Gasteiger partial charge >= 0.3 is 0 Å². The first-order valence-electron chi connectivity index (χ1n) is 5.72. The van der Waals surface area contributed by atoms with Gasteiger partial charge in [-0.25, -0.2) is 4.98 Å². The van der Waals surface area contributed by atoms with Gasteiger partial charge in [0.2, 0.25) is 0 Å². The third-order valence-corrected chi connectivity index (χ3v) is 3.57. The molecule has 1 heterocycles. The summed E-state index contributed by atoms with van der Waals surface area (Å²) in [5.41, 5.74) is 0.939. The second-order valence-electron chi connectivity index (χ2n) is 3.99. The lowest BCUT2D eigenvalue weighted by Gasteiger charge is -2.19. The van der Waals surface area contributed by atoms with Gasteiger partial charge < -0.3 is 9.30 Å². The fourth-order valence-corrected chi connectivity index (χ4v) is 2.57. The Labute approximate surface area is 126 Å². The Morgan fingerprint density at radius 2 is 2.26 bits per heavy atom. The van der Waals surface area contributed by atoms with E-state index in [2.05, 4.69) is 4.98 Å². The second kappa shape index (κ2) is 7.20. The molecule has 3 nitrogen and oxygen atoms in total. The summed E-state index contributed by atoms with van der Waals surface area (Å²) < 4.78 is 7.83. The smallest absolute Gasteiger partial charge is 0.103 e. The van der Waals surface area contributed by atoms with Crippen molar-refractivity contribution >= 4 is 35.0 Å². The van der Waals surface area contributed by atoms with Crippen molar-refractivity contribution in [1.82, 2.24) is 9.55 Å². The van der Waals surface area contributed by atoms with Gasteiger partial charge in [-0.15, -0.1) is 11.8 Å². The van der Waals surface area contributed by atoms with E-state index < -0.39 is 0 Å². The average molecular weight is 317 g/mol. The summed E-state index contributed by atoms with van der Waals surface area (Å²) in [7, 11) is 0. The first kappa shape index (κ1) is 14.7. The van der Waals surface area contributed by atoms with Gasteiger partial charge in [0.1, 0.15) is 6.10 Å². The van der Waals surface area contributed by atoms with E-state index in [1.54, 1.807) is 30.4 Å². The molecule has 0 aliphatic carbocycles. The van der Waals surface area contributed by atoms with Crippen molar-refractivity contribution in [1.29, 1.82) is 0 Å². The van der Waals surface area contributed by atoms with E-state index in [0.29, 0.717) is 22.5 Å². The highest BCUT2D eigenvalue weighted by Gasteiger charge is 2.16. The standard InChI is InChI=1S/C13H14Cl2N2OS/c1-19-9-18-13(7-17-5-4-16-8-17)11-3-2-10(14)6-12(11)15/h2-6,8,13H,7,9H2,1H3. The van der Waals surface area contributed by atoms with Crippen LogP contribution in [0.3, 0.4) is 0 Å². The number of halogens is 2. The molecular weight excluding hydrogens is 303 g/mol. The molecule has 0 amide bonds. The second-order valence-corrected chi connectivity index (χ2v) is 5.64. The van der Waals surface area contributed by atoms with Gasteiger partial charge in [-0.2, -0.15) is 0 Å². The molecular formula is C13H14Cl2N2OS. The molecule has 0 saturated heterocycles. The lowest BCUT2D eigenvalue weighted by atomic mass is 10.1. The van der Waals surface area contributed by atoms with Gasteiger partial charge in [0, 0.05) is 28.0 Å². The van der Waals surface area contributed by atoms with Gasteiger partial charge in [0.05, 0.1) is 18.8 Å². The Hall–Kier alpha value is -0.680. The molecule has 1 aromatic carbocycles. The van der Waals surface area contributed by atoms with E-state index >= 15 is 0 Å². The van der Waals surface area contributed by atoms with Crippen molar-refractivity contribution in [3.8, 4) is 0 Å². The minimum Gasteiger partial charge on any atom is -0.361 e. The molecule has 1 aromatic heterocycles. The summed E-state index contributed by atoms with van der Waals surface area (Å²) in [6.45, 7) is 0.669. The van der Waals surface area contributed by atoms with Crippen molar-refractivity contribution in [2.45, 2.75) is 12.6 Å². The Morgan fingerprint density at radius 3 is 2.89 bits per heavy atom. The lowest BCUT2D eigenvalue weighted by molar-refractivity contribution is 0.0761. The first-order valence-corrected chi connectivity index (χ1v) is 7.87. The molecule has 6 heteroatoms. The first-order chi connectivity index (χ1) is 9.20. The molecule has 0 spiro atoms. The number of thioether (sulfide) groups is 1. The topological polar surface area (TPSA) is 27.1 Å². The van der Waals surface area contributed by atoms with E-state index in [-0.39, 0.29) is 6.10 Å². The predicted molar refractivity (Wildman–Crippen MR) is 80.9 cm³/mol. The molecule has 1 unspecified atom stereocenters. The Morgan fingerprint density at radius 1 is 1.42 bits per heavy atom. The Kier molecular flexibility index (Phi) is 5.58. The van der Waals surface area contributed by atoms with Crippen LogP contribution in [0.25, 0.3) is 0 Å². The van der Waals surface area contributed by atoms with Crippen molar-refractivity contribution < 1.29 is 4.74 Å². The molecule has 0 fully saturated rings. The maximum absolute atomic E-state index is 6.25. The van der Waals surface area contributed by atoms with E-state index in [0.717, 1.165) is 5.56 Å². The molecule has 0 N–H and O–H groups in total. The Bertz CT molecular complexity index is 519. The summed E-state index contributed by atoms with van der Waals surface area (Å²) in [6, 6.07) is 5.47. The highest BCUT2D eigenvalue weighted by Crippen LogP contribution is 2.30. The highest BCUT2D eigenvalue weighted by atomic mass is 35.5. The van der Waals surface area contributed by atoms with Crippen LogP contribution in [-0.2, 0) is 11.3 Å². The van der Waals surface area contributed by atoms with Gasteiger partial charge in [-0.05, 0) is 18.4 Å². The summed E-state index contributed by atoms with van der Waals surface area (Å²) in [4.78, 5) is 4.03. The third-order valence-electron chi connectivity index (χ3n) is 2.63. The van der Waals surface area contributed by atoms with E-state index in [9.17, 15) is 0 Å². The number of imidazole rings is 1. The monoisotopic (exact) mass is 316 g/mol. The SMILES string of the molecule is CSCOC(Cn1ccnc1)c1ccc(Cl)cc1Cl. The van der Waals surface area contributed by atoms with E-state index in [1.165, 1.54) is 0 Å². The van der Waals surface area contributed by atoms with E-state index in [4.69, 9.17) is 27.9 Å². The van der Waals surface area contributed by atoms with Crippen LogP contribution in [0, 0.1) is 0 Å².